The van der Waals surface area contributed by atoms with Gasteiger partial charge in [0.05, 0.1) is 26.4 Å². The van der Waals surface area contributed by atoms with Crippen LogP contribution in [0, 0.1) is 23.7 Å². The van der Waals surface area contributed by atoms with Crippen LogP contribution >= 0.6 is 15.6 Å². The Morgan fingerprint density at radius 1 is 0.281 bits per heavy atom. The monoisotopic (exact) mass is 1310 g/mol. The molecule has 528 valence electrons. The molecular weight excluding hydrogens is 1170 g/mol. The van der Waals surface area contributed by atoms with Crippen LogP contribution in [0.25, 0.3) is 0 Å². The number of hydrogen-bond acceptors (Lipinski definition) is 15. The zero-order chi connectivity index (χ0) is 66.1. The number of carbonyl (C=O) groups excluding carboxylic acids is 4. The third kappa shape index (κ3) is 64.6. The number of unbranched alkanes of at least 4 members (excludes halogenated alkanes) is 33. The average molecular weight is 1310 g/mol. The third-order valence-corrected chi connectivity index (χ3v) is 18.0. The van der Waals surface area contributed by atoms with Crippen molar-refractivity contribution in [2.45, 2.75) is 363 Å². The first-order chi connectivity index (χ1) is 42.6. The molecule has 0 rings (SSSR count). The van der Waals surface area contributed by atoms with Crippen LogP contribution < -0.4 is 0 Å². The molecule has 2 unspecified atom stereocenters. The van der Waals surface area contributed by atoms with E-state index >= 15 is 0 Å². The summed E-state index contributed by atoms with van der Waals surface area (Å²) < 4.78 is 68.2. The Hall–Kier alpha value is -1.94. The normalized spacial score (nSPS) is 14.3. The Kier molecular flexibility index (Phi) is 58.5. The fourth-order valence-corrected chi connectivity index (χ4v) is 12.1. The summed E-state index contributed by atoms with van der Waals surface area (Å²) >= 11 is 0. The minimum Gasteiger partial charge on any atom is -0.462 e. The van der Waals surface area contributed by atoms with Gasteiger partial charge in [0.2, 0.25) is 0 Å². The maximum absolute atomic E-state index is 13.0. The first kappa shape index (κ1) is 87.1. The van der Waals surface area contributed by atoms with Crippen molar-refractivity contribution < 1.29 is 80.2 Å². The Morgan fingerprint density at radius 3 is 0.697 bits per heavy atom. The summed E-state index contributed by atoms with van der Waals surface area (Å²) in [5.74, 6) is 0.811. The Labute approximate surface area is 543 Å². The number of phosphoric acid groups is 2. The van der Waals surface area contributed by atoms with Gasteiger partial charge in [-0.15, -0.1) is 0 Å². The summed E-state index contributed by atoms with van der Waals surface area (Å²) in [6, 6.07) is 0. The van der Waals surface area contributed by atoms with E-state index in [1.54, 1.807) is 0 Å². The molecule has 3 N–H and O–H groups in total. The Bertz CT molecular complexity index is 1760. The van der Waals surface area contributed by atoms with Gasteiger partial charge in [-0.3, -0.25) is 37.3 Å². The van der Waals surface area contributed by atoms with Gasteiger partial charge in [-0.2, -0.15) is 0 Å². The second kappa shape index (κ2) is 59.8. The molecule has 0 spiro atoms. The van der Waals surface area contributed by atoms with Crippen molar-refractivity contribution in [1.82, 2.24) is 0 Å². The minimum atomic E-state index is -4.95. The van der Waals surface area contributed by atoms with E-state index in [1.165, 1.54) is 141 Å². The van der Waals surface area contributed by atoms with E-state index in [-0.39, 0.29) is 25.7 Å². The van der Waals surface area contributed by atoms with Crippen molar-refractivity contribution in [3.05, 3.63) is 0 Å². The van der Waals surface area contributed by atoms with E-state index in [9.17, 15) is 43.2 Å². The van der Waals surface area contributed by atoms with Crippen molar-refractivity contribution >= 4 is 39.5 Å². The largest absolute Gasteiger partial charge is 0.472 e. The molecule has 0 aliphatic carbocycles. The lowest BCUT2D eigenvalue weighted by molar-refractivity contribution is -0.161. The molecule has 0 aliphatic rings. The number of aliphatic hydroxyl groups is 1. The summed E-state index contributed by atoms with van der Waals surface area (Å²) in [7, 11) is -9.90. The first-order valence-electron chi connectivity index (χ1n) is 36.2. The van der Waals surface area contributed by atoms with Gasteiger partial charge < -0.3 is 33.8 Å². The second-order valence-corrected chi connectivity index (χ2v) is 30.1. The maximum Gasteiger partial charge on any atom is 0.472 e. The number of carbonyl (C=O) groups is 4. The molecule has 0 radical (unpaired) electrons. The van der Waals surface area contributed by atoms with Crippen LogP contribution in [0.1, 0.15) is 344 Å². The molecule has 19 heteroatoms. The molecule has 89 heavy (non-hydrogen) atoms. The number of aliphatic hydroxyl groups excluding tert-OH is 1. The number of phosphoric ester groups is 2. The van der Waals surface area contributed by atoms with E-state index in [1.807, 2.05) is 0 Å². The van der Waals surface area contributed by atoms with Gasteiger partial charge in [0, 0.05) is 25.7 Å². The van der Waals surface area contributed by atoms with Crippen LogP contribution in [0.4, 0.5) is 0 Å². The summed E-state index contributed by atoms with van der Waals surface area (Å²) in [5.41, 5.74) is 0. The fraction of sp³-hybridized carbons (Fsp3) is 0.943. The highest BCUT2D eigenvalue weighted by Crippen LogP contribution is 2.45. The molecule has 0 heterocycles. The zero-order valence-corrected chi connectivity index (χ0v) is 59.8. The van der Waals surface area contributed by atoms with Crippen LogP contribution in [0.15, 0.2) is 0 Å². The molecule has 5 atom stereocenters. The molecule has 0 aromatic heterocycles. The molecule has 0 fully saturated rings. The zero-order valence-electron chi connectivity index (χ0n) is 58.1. The SMILES string of the molecule is CC(C)CCCCCCCCCCCCCCCC(=O)O[C@H](COC(=O)CCCCCCCCCCCCC(C)C)COP(=O)(O)OC[C@@H](O)COP(=O)(O)OC[C@@H](COC(=O)CCCCCCCCC(C)C)OC(=O)CCCCCCCCCCC(C)C. The molecule has 0 saturated heterocycles. The van der Waals surface area contributed by atoms with Crippen molar-refractivity contribution in [3.63, 3.8) is 0 Å². The molecular formula is C70H136O17P2. The summed E-state index contributed by atoms with van der Waals surface area (Å²) in [6.07, 6.45) is 41.9. The second-order valence-electron chi connectivity index (χ2n) is 27.2. The van der Waals surface area contributed by atoms with Crippen LogP contribution in [0.3, 0.4) is 0 Å². The standard InChI is InChI=1S/C70H136O17P2/c1-60(2)46-38-30-22-16-12-10-9-11-13-19-26-36-44-52-69(74)86-65(56-80-67(72)50-42-34-25-18-15-14-17-23-31-39-47-61(3)4)58-84-88(76,77)82-54-64(71)55-83-89(78,79)85-59-66(57-81-68(73)51-43-35-29-28-33-41-49-63(7)8)87-70(75)53-45-37-27-21-20-24-32-40-48-62(5)6/h60-66,71H,9-59H2,1-8H3,(H,76,77)(H,78,79)/t64-,65-,66-/m1/s1. The van der Waals surface area contributed by atoms with E-state index < -0.39 is 97.5 Å². The highest BCUT2D eigenvalue weighted by Gasteiger charge is 2.30. The van der Waals surface area contributed by atoms with Gasteiger partial charge in [-0.1, -0.05) is 293 Å². The van der Waals surface area contributed by atoms with Gasteiger partial charge in [0.25, 0.3) is 0 Å². The molecule has 0 bridgehead atoms. The van der Waals surface area contributed by atoms with Crippen molar-refractivity contribution in [2.75, 3.05) is 39.6 Å². The average Bonchev–Trinajstić information content (AvgIpc) is 3.54. The van der Waals surface area contributed by atoms with Crippen LogP contribution in [-0.4, -0.2) is 96.7 Å². The van der Waals surface area contributed by atoms with Crippen LogP contribution in [-0.2, 0) is 65.4 Å². The minimum absolute atomic E-state index is 0.103. The highest BCUT2D eigenvalue weighted by molar-refractivity contribution is 7.47. The van der Waals surface area contributed by atoms with Crippen molar-refractivity contribution in [2.24, 2.45) is 23.7 Å². The van der Waals surface area contributed by atoms with Crippen molar-refractivity contribution in [1.29, 1.82) is 0 Å². The summed E-state index contributed by atoms with van der Waals surface area (Å²) in [5, 5.41) is 10.6. The molecule has 0 saturated carbocycles. The lowest BCUT2D eigenvalue weighted by Crippen LogP contribution is -2.30. The van der Waals surface area contributed by atoms with Gasteiger partial charge in [-0.25, -0.2) is 9.13 Å². The predicted molar refractivity (Wildman–Crippen MR) is 358 cm³/mol. The van der Waals surface area contributed by atoms with Gasteiger partial charge >= 0.3 is 39.5 Å². The van der Waals surface area contributed by atoms with Gasteiger partial charge in [-0.05, 0) is 49.4 Å². The van der Waals surface area contributed by atoms with Gasteiger partial charge in [0.15, 0.2) is 12.2 Å². The number of ether oxygens (including phenoxy) is 4. The lowest BCUT2D eigenvalue weighted by Gasteiger charge is -2.21. The number of hydrogen-bond donors (Lipinski definition) is 3. The number of esters is 4. The van der Waals surface area contributed by atoms with Gasteiger partial charge in [0.1, 0.15) is 19.3 Å². The first-order valence-corrected chi connectivity index (χ1v) is 39.2. The summed E-state index contributed by atoms with van der Waals surface area (Å²) in [6.45, 7) is 14.0. The number of rotatable bonds is 67. The third-order valence-electron chi connectivity index (χ3n) is 16.1. The Morgan fingerprint density at radius 2 is 0.472 bits per heavy atom. The fourth-order valence-electron chi connectivity index (χ4n) is 10.5. The molecule has 0 aromatic carbocycles. The smallest absolute Gasteiger partial charge is 0.462 e. The highest BCUT2D eigenvalue weighted by atomic mass is 31.2. The Balaban J connectivity index is 5.24. The van der Waals surface area contributed by atoms with Crippen LogP contribution in [0.2, 0.25) is 0 Å². The van der Waals surface area contributed by atoms with Crippen molar-refractivity contribution in [3.8, 4) is 0 Å². The molecule has 17 nitrogen and oxygen atoms in total. The van der Waals surface area contributed by atoms with E-state index in [4.69, 9.17) is 37.0 Å². The molecule has 0 aliphatic heterocycles. The topological polar surface area (TPSA) is 237 Å². The van der Waals surface area contributed by atoms with E-state index in [0.717, 1.165) is 114 Å². The van der Waals surface area contributed by atoms with E-state index in [0.29, 0.717) is 31.6 Å². The van der Waals surface area contributed by atoms with E-state index in [2.05, 4.69) is 55.4 Å². The molecule has 0 amide bonds. The van der Waals surface area contributed by atoms with Crippen LogP contribution in [0.5, 0.6) is 0 Å². The quantitative estimate of drug-likeness (QED) is 0.0222. The summed E-state index contributed by atoms with van der Waals surface area (Å²) in [4.78, 5) is 72.5. The predicted octanol–water partition coefficient (Wildman–Crippen LogP) is 19.7. The molecule has 0 aromatic rings. The lowest BCUT2D eigenvalue weighted by atomic mass is 10.0. The maximum atomic E-state index is 13.0.